The van der Waals surface area contributed by atoms with Gasteiger partial charge in [-0.1, -0.05) is 19.0 Å². The number of aliphatic hydroxyl groups is 1. The van der Waals surface area contributed by atoms with Crippen LogP contribution in [0.3, 0.4) is 0 Å². The molecular weight excluding hydrogens is 287 g/mol. The predicted octanol–water partition coefficient (Wildman–Crippen LogP) is 1.83. The van der Waals surface area contributed by atoms with Crippen LogP contribution >= 0.6 is 0 Å². The summed E-state index contributed by atoms with van der Waals surface area (Å²) in [5.41, 5.74) is 4.24. The third kappa shape index (κ3) is 5.35. The van der Waals surface area contributed by atoms with Crippen molar-refractivity contribution >= 4 is 5.84 Å². The van der Waals surface area contributed by atoms with Crippen LogP contribution in [0.2, 0.25) is 0 Å². The summed E-state index contributed by atoms with van der Waals surface area (Å²) in [6, 6.07) is 0. The molecule has 0 amide bonds. The summed E-state index contributed by atoms with van der Waals surface area (Å²) >= 11 is 0. The lowest BCUT2D eigenvalue weighted by Crippen LogP contribution is -2.49. The van der Waals surface area contributed by atoms with Crippen LogP contribution in [0.25, 0.3) is 0 Å². The molecule has 1 aliphatic carbocycles. The molecule has 1 atom stereocenters. The second-order valence-corrected chi connectivity index (χ2v) is 6.64. The van der Waals surface area contributed by atoms with Crippen LogP contribution in [0.15, 0.2) is 5.16 Å². The summed E-state index contributed by atoms with van der Waals surface area (Å²) < 4.78 is 38.2. The standard InChI is InChI=1S/C13H24F3N3O2/c1-11(2)3-5-12(20,6-4-11)8-18-7-9(10(17)19-21)13(14,15)16/h9,18,20-21H,3-8H2,1-2H3,(H2,17,19). The molecule has 0 aromatic rings. The van der Waals surface area contributed by atoms with Crippen LogP contribution in [0.5, 0.6) is 0 Å². The van der Waals surface area contributed by atoms with Crippen LogP contribution in [0, 0.1) is 11.3 Å². The fourth-order valence-corrected chi connectivity index (χ4v) is 2.48. The summed E-state index contributed by atoms with van der Waals surface area (Å²) in [6.07, 6.45) is -1.84. The molecule has 8 heteroatoms. The van der Waals surface area contributed by atoms with Crippen molar-refractivity contribution in [3.05, 3.63) is 0 Å². The number of hydrogen-bond donors (Lipinski definition) is 4. The first-order valence-electron chi connectivity index (χ1n) is 6.96. The minimum atomic E-state index is -4.60. The highest BCUT2D eigenvalue weighted by Gasteiger charge is 2.43. The highest BCUT2D eigenvalue weighted by atomic mass is 19.4. The molecule has 1 fully saturated rings. The minimum Gasteiger partial charge on any atom is -0.409 e. The zero-order valence-corrected chi connectivity index (χ0v) is 12.4. The zero-order chi connectivity index (χ0) is 16.3. The molecule has 0 heterocycles. The van der Waals surface area contributed by atoms with Crippen LogP contribution in [0.1, 0.15) is 39.5 Å². The molecule has 1 aliphatic rings. The Kier molecular flexibility index (Phi) is 5.49. The van der Waals surface area contributed by atoms with Crippen molar-refractivity contribution in [1.82, 2.24) is 5.32 Å². The molecule has 0 bridgehead atoms. The lowest BCUT2D eigenvalue weighted by Gasteiger charge is -2.40. The van der Waals surface area contributed by atoms with Gasteiger partial charge in [-0.25, -0.2) is 0 Å². The Morgan fingerprint density at radius 3 is 2.24 bits per heavy atom. The highest BCUT2D eigenvalue weighted by molar-refractivity contribution is 5.83. The van der Waals surface area contributed by atoms with Gasteiger partial charge in [0.2, 0.25) is 0 Å². The summed E-state index contributed by atoms with van der Waals surface area (Å²) in [7, 11) is 0. The first kappa shape index (κ1) is 18.0. The topological polar surface area (TPSA) is 90.9 Å². The third-order valence-electron chi connectivity index (χ3n) is 4.20. The molecule has 5 N–H and O–H groups in total. The number of alkyl halides is 3. The molecular formula is C13H24F3N3O2. The molecule has 0 saturated heterocycles. The number of amidine groups is 1. The van der Waals surface area contributed by atoms with E-state index in [2.05, 4.69) is 24.3 Å². The monoisotopic (exact) mass is 311 g/mol. The van der Waals surface area contributed by atoms with E-state index in [0.717, 1.165) is 12.8 Å². The normalized spacial score (nSPS) is 23.8. The van der Waals surface area contributed by atoms with Crippen molar-refractivity contribution in [3.8, 4) is 0 Å². The van der Waals surface area contributed by atoms with Crippen molar-refractivity contribution in [2.45, 2.75) is 51.3 Å². The SMILES string of the molecule is CC1(C)CCC(O)(CNCC(C(N)=NO)C(F)(F)F)CC1. The van der Waals surface area contributed by atoms with Crippen molar-refractivity contribution in [2.24, 2.45) is 22.2 Å². The lowest BCUT2D eigenvalue weighted by atomic mass is 9.71. The fraction of sp³-hybridized carbons (Fsp3) is 0.923. The Hall–Kier alpha value is -1.02. The van der Waals surface area contributed by atoms with Gasteiger partial charge in [-0.3, -0.25) is 0 Å². The number of nitrogens with zero attached hydrogens (tertiary/aromatic N) is 1. The molecule has 0 aromatic carbocycles. The van der Waals surface area contributed by atoms with Gasteiger partial charge >= 0.3 is 6.18 Å². The van der Waals surface area contributed by atoms with Gasteiger partial charge in [0.15, 0.2) is 5.84 Å². The number of halogens is 3. The summed E-state index contributed by atoms with van der Waals surface area (Å²) in [6.45, 7) is 3.76. The van der Waals surface area contributed by atoms with Gasteiger partial charge in [0.1, 0.15) is 5.92 Å². The van der Waals surface area contributed by atoms with E-state index in [0.29, 0.717) is 12.8 Å². The summed E-state index contributed by atoms with van der Waals surface area (Å²) in [4.78, 5) is 0. The molecule has 0 aliphatic heterocycles. The number of rotatable bonds is 5. The van der Waals surface area contributed by atoms with Gasteiger partial charge < -0.3 is 21.4 Å². The van der Waals surface area contributed by atoms with E-state index < -0.39 is 30.1 Å². The quantitative estimate of drug-likeness (QED) is 0.270. The molecule has 124 valence electrons. The molecule has 21 heavy (non-hydrogen) atoms. The minimum absolute atomic E-state index is 0.0639. The third-order valence-corrected chi connectivity index (χ3v) is 4.20. The average molecular weight is 311 g/mol. The van der Waals surface area contributed by atoms with Crippen LogP contribution in [-0.2, 0) is 0 Å². The number of oxime groups is 1. The fourth-order valence-electron chi connectivity index (χ4n) is 2.48. The summed E-state index contributed by atoms with van der Waals surface area (Å²) in [5.74, 6) is -2.95. The van der Waals surface area contributed by atoms with Gasteiger partial charge in [-0.2, -0.15) is 13.2 Å². The number of hydrogen-bond acceptors (Lipinski definition) is 4. The zero-order valence-electron chi connectivity index (χ0n) is 12.4. The molecule has 0 radical (unpaired) electrons. The van der Waals surface area contributed by atoms with Gasteiger partial charge in [-0.15, -0.1) is 0 Å². The van der Waals surface area contributed by atoms with Crippen molar-refractivity contribution < 1.29 is 23.5 Å². The maximum absolute atomic E-state index is 12.7. The van der Waals surface area contributed by atoms with Crippen molar-refractivity contribution in [1.29, 1.82) is 0 Å². The Balaban J connectivity index is 2.51. The Labute approximate surface area is 122 Å². The second-order valence-electron chi connectivity index (χ2n) is 6.64. The second kappa shape index (κ2) is 6.39. The van der Waals surface area contributed by atoms with Gasteiger partial charge in [0.25, 0.3) is 0 Å². The molecule has 1 saturated carbocycles. The molecule has 0 aromatic heterocycles. The van der Waals surface area contributed by atoms with Gasteiger partial charge in [0.05, 0.1) is 5.60 Å². The first-order chi connectivity index (χ1) is 9.49. The first-order valence-corrected chi connectivity index (χ1v) is 6.96. The van der Waals surface area contributed by atoms with E-state index in [9.17, 15) is 18.3 Å². The van der Waals surface area contributed by atoms with E-state index in [-0.39, 0.29) is 12.0 Å². The highest BCUT2D eigenvalue weighted by Crippen LogP contribution is 2.39. The largest absolute Gasteiger partial charge is 0.409 e. The molecule has 0 spiro atoms. The van der Waals surface area contributed by atoms with E-state index in [1.54, 1.807) is 0 Å². The van der Waals surface area contributed by atoms with Crippen LogP contribution in [0.4, 0.5) is 13.2 Å². The smallest absolute Gasteiger partial charge is 0.400 e. The average Bonchev–Trinajstić information content (AvgIpc) is 2.37. The maximum Gasteiger partial charge on any atom is 0.400 e. The van der Waals surface area contributed by atoms with Crippen molar-refractivity contribution in [2.75, 3.05) is 13.1 Å². The Morgan fingerprint density at radius 2 is 1.81 bits per heavy atom. The van der Waals surface area contributed by atoms with Gasteiger partial charge in [-0.05, 0) is 31.1 Å². The summed E-state index contributed by atoms with van der Waals surface area (Å²) in [5, 5.41) is 23.8. The van der Waals surface area contributed by atoms with E-state index in [4.69, 9.17) is 10.9 Å². The maximum atomic E-state index is 12.7. The molecule has 5 nitrogen and oxygen atoms in total. The molecule has 1 unspecified atom stereocenters. The van der Waals surface area contributed by atoms with E-state index >= 15 is 0 Å². The van der Waals surface area contributed by atoms with Crippen LogP contribution < -0.4 is 11.1 Å². The molecule has 1 rings (SSSR count). The Morgan fingerprint density at radius 1 is 1.29 bits per heavy atom. The predicted molar refractivity (Wildman–Crippen MR) is 73.0 cm³/mol. The van der Waals surface area contributed by atoms with Gasteiger partial charge in [0, 0.05) is 13.1 Å². The van der Waals surface area contributed by atoms with E-state index in [1.165, 1.54) is 0 Å². The van der Waals surface area contributed by atoms with E-state index in [1.807, 2.05) is 0 Å². The number of nitrogens with one attached hydrogen (secondary N) is 1. The lowest BCUT2D eigenvalue weighted by molar-refractivity contribution is -0.155. The Bertz CT molecular complexity index is 373. The van der Waals surface area contributed by atoms with Crippen LogP contribution in [-0.4, -0.2) is 41.0 Å². The number of nitrogens with two attached hydrogens (primary N) is 1. The van der Waals surface area contributed by atoms with Crippen molar-refractivity contribution in [3.63, 3.8) is 0 Å².